The Kier molecular flexibility index (Phi) is 3.03. The molecule has 0 spiro atoms. The third-order valence-electron chi connectivity index (χ3n) is 1.97. The van der Waals surface area contributed by atoms with Crippen LogP contribution < -0.4 is 0 Å². The second kappa shape index (κ2) is 4.25. The Balaban J connectivity index is 1.86. The minimum Gasteiger partial charge on any atom is -0.296 e. The Bertz CT molecular complexity index is 217. The molecule has 0 unspecified atom stereocenters. The molecule has 66 valence electrons. The van der Waals surface area contributed by atoms with Crippen molar-refractivity contribution in [3.63, 3.8) is 0 Å². The van der Waals surface area contributed by atoms with Gasteiger partial charge in [0.1, 0.15) is 0 Å². The first-order chi connectivity index (χ1) is 5.95. The molecule has 1 aliphatic rings. The number of hydrogen-bond acceptors (Lipinski definition) is 4. The lowest BCUT2D eigenvalue weighted by atomic mass is 10.4. The molecule has 2 rings (SSSR count). The van der Waals surface area contributed by atoms with Crippen LogP contribution in [0, 0.1) is 0 Å². The molecule has 1 saturated heterocycles. The first-order valence-corrected chi connectivity index (χ1v) is 6.22. The SMILES string of the molecule is c1nc(CN2CCSCC2)cs1. The first-order valence-electron chi connectivity index (χ1n) is 4.12. The summed E-state index contributed by atoms with van der Waals surface area (Å²) in [6.07, 6.45) is 0. The Hall–Kier alpha value is -0.0600. The normalized spacial score (nSPS) is 19.7. The Labute approximate surface area is 81.0 Å². The van der Waals surface area contributed by atoms with E-state index in [9.17, 15) is 0 Å². The van der Waals surface area contributed by atoms with E-state index in [1.54, 1.807) is 11.3 Å². The summed E-state index contributed by atoms with van der Waals surface area (Å²) in [5, 5.41) is 2.14. The minimum absolute atomic E-state index is 1.05. The van der Waals surface area contributed by atoms with Crippen molar-refractivity contribution in [3.8, 4) is 0 Å². The molecule has 1 aromatic rings. The molecule has 0 aromatic carbocycles. The molecule has 0 atom stereocenters. The Morgan fingerprint density at radius 3 is 2.92 bits per heavy atom. The van der Waals surface area contributed by atoms with E-state index in [-0.39, 0.29) is 0 Å². The highest BCUT2D eigenvalue weighted by Crippen LogP contribution is 2.12. The van der Waals surface area contributed by atoms with Gasteiger partial charge < -0.3 is 0 Å². The number of thioether (sulfide) groups is 1. The largest absolute Gasteiger partial charge is 0.296 e. The molecule has 2 heterocycles. The van der Waals surface area contributed by atoms with E-state index in [2.05, 4.69) is 27.0 Å². The molecule has 0 aliphatic carbocycles. The highest BCUT2D eigenvalue weighted by atomic mass is 32.2. The van der Waals surface area contributed by atoms with Crippen molar-refractivity contribution >= 4 is 23.1 Å². The van der Waals surface area contributed by atoms with Gasteiger partial charge in [-0.25, -0.2) is 4.98 Å². The predicted molar refractivity (Wildman–Crippen MR) is 54.7 cm³/mol. The second-order valence-electron chi connectivity index (χ2n) is 2.87. The van der Waals surface area contributed by atoms with E-state index in [0.717, 1.165) is 6.54 Å². The molecule has 1 aliphatic heterocycles. The van der Waals surface area contributed by atoms with Crippen molar-refractivity contribution in [1.82, 2.24) is 9.88 Å². The van der Waals surface area contributed by atoms with Crippen LogP contribution in [0.25, 0.3) is 0 Å². The number of nitrogens with zero attached hydrogens (tertiary/aromatic N) is 2. The van der Waals surface area contributed by atoms with Crippen LogP contribution in [0.4, 0.5) is 0 Å². The van der Waals surface area contributed by atoms with Gasteiger partial charge in [0.15, 0.2) is 0 Å². The lowest BCUT2D eigenvalue weighted by molar-refractivity contribution is 0.291. The summed E-state index contributed by atoms with van der Waals surface area (Å²) in [7, 11) is 0. The third-order valence-corrected chi connectivity index (χ3v) is 3.55. The fourth-order valence-corrected chi connectivity index (χ4v) is 2.83. The van der Waals surface area contributed by atoms with Crippen LogP contribution in [-0.4, -0.2) is 34.5 Å². The quantitative estimate of drug-likeness (QED) is 0.723. The molecule has 0 N–H and O–H groups in total. The van der Waals surface area contributed by atoms with E-state index >= 15 is 0 Å². The Morgan fingerprint density at radius 1 is 1.42 bits per heavy atom. The summed E-state index contributed by atoms with van der Waals surface area (Å²) in [5.41, 5.74) is 3.14. The van der Waals surface area contributed by atoms with Crippen molar-refractivity contribution in [2.45, 2.75) is 6.54 Å². The zero-order valence-corrected chi connectivity index (χ0v) is 8.53. The third kappa shape index (κ3) is 2.21. The lowest BCUT2D eigenvalue weighted by Gasteiger charge is -2.25. The number of thiazole rings is 1. The van der Waals surface area contributed by atoms with E-state index in [1.165, 1.54) is 30.3 Å². The molecule has 0 saturated carbocycles. The van der Waals surface area contributed by atoms with Crippen LogP contribution >= 0.6 is 23.1 Å². The maximum Gasteiger partial charge on any atom is 0.0795 e. The maximum atomic E-state index is 4.28. The molecule has 0 bridgehead atoms. The van der Waals surface area contributed by atoms with Crippen molar-refractivity contribution in [2.75, 3.05) is 24.6 Å². The van der Waals surface area contributed by atoms with Gasteiger partial charge in [0.25, 0.3) is 0 Å². The molecule has 4 heteroatoms. The molecule has 0 radical (unpaired) electrons. The van der Waals surface area contributed by atoms with Crippen molar-refractivity contribution < 1.29 is 0 Å². The highest BCUT2D eigenvalue weighted by Gasteiger charge is 2.10. The molecule has 1 fully saturated rings. The molecule has 2 nitrogen and oxygen atoms in total. The second-order valence-corrected chi connectivity index (χ2v) is 4.81. The number of aromatic nitrogens is 1. The predicted octanol–water partition coefficient (Wildman–Crippen LogP) is 1.69. The van der Waals surface area contributed by atoms with Crippen LogP contribution in [-0.2, 0) is 6.54 Å². The zero-order chi connectivity index (χ0) is 8.23. The molecular formula is C8H12N2S2. The van der Waals surface area contributed by atoms with Crippen molar-refractivity contribution in [3.05, 3.63) is 16.6 Å². The molecule has 12 heavy (non-hydrogen) atoms. The van der Waals surface area contributed by atoms with Crippen LogP contribution in [0.3, 0.4) is 0 Å². The van der Waals surface area contributed by atoms with Crippen LogP contribution in [0.5, 0.6) is 0 Å². The lowest BCUT2D eigenvalue weighted by Crippen LogP contribution is -2.32. The van der Waals surface area contributed by atoms with Crippen LogP contribution in [0.1, 0.15) is 5.69 Å². The summed E-state index contributed by atoms with van der Waals surface area (Å²) in [5.74, 6) is 2.56. The molecule has 0 amide bonds. The average Bonchev–Trinajstić information content (AvgIpc) is 2.59. The minimum atomic E-state index is 1.05. The molecular weight excluding hydrogens is 188 g/mol. The van der Waals surface area contributed by atoms with Gasteiger partial charge in [-0.3, -0.25) is 4.90 Å². The van der Waals surface area contributed by atoms with E-state index < -0.39 is 0 Å². The van der Waals surface area contributed by atoms with Gasteiger partial charge in [0.05, 0.1) is 11.2 Å². The van der Waals surface area contributed by atoms with Crippen molar-refractivity contribution in [2.24, 2.45) is 0 Å². The van der Waals surface area contributed by atoms with Gasteiger partial charge >= 0.3 is 0 Å². The first kappa shape index (κ1) is 8.53. The number of rotatable bonds is 2. The van der Waals surface area contributed by atoms with Crippen LogP contribution in [0.2, 0.25) is 0 Å². The average molecular weight is 200 g/mol. The summed E-state index contributed by atoms with van der Waals surface area (Å²) in [6, 6.07) is 0. The van der Waals surface area contributed by atoms with E-state index in [1.807, 2.05) is 5.51 Å². The summed E-state index contributed by atoms with van der Waals surface area (Å²) >= 11 is 3.74. The van der Waals surface area contributed by atoms with Crippen LogP contribution in [0.15, 0.2) is 10.9 Å². The topological polar surface area (TPSA) is 16.1 Å². The van der Waals surface area contributed by atoms with Gasteiger partial charge in [-0.2, -0.15) is 11.8 Å². The van der Waals surface area contributed by atoms with Gasteiger partial charge in [0.2, 0.25) is 0 Å². The summed E-state index contributed by atoms with van der Waals surface area (Å²) < 4.78 is 0. The standard InChI is InChI=1S/C8H12N2S2/c1-3-11-4-2-10(1)5-8-6-12-7-9-8/h6-7H,1-5H2. The van der Waals surface area contributed by atoms with Crippen molar-refractivity contribution in [1.29, 1.82) is 0 Å². The van der Waals surface area contributed by atoms with Gasteiger partial charge in [-0.1, -0.05) is 0 Å². The van der Waals surface area contributed by atoms with Gasteiger partial charge in [0, 0.05) is 36.5 Å². The maximum absolute atomic E-state index is 4.28. The van der Waals surface area contributed by atoms with E-state index in [0.29, 0.717) is 0 Å². The summed E-state index contributed by atoms with van der Waals surface area (Å²) in [6.45, 7) is 3.49. The highest BCUT2D eigenvalue weighted by molar-refractivity contribution is 7.99. The summed E-state index contributed by atoms with van der Waals surface area (Å²) in [4.78, 5) is 6.76. The number of hydrogen-bond donors (Lipinski definition) is 0. The monoisotopic (exact) mass is 200 g/mol. The fraction of sp³-hybridized carbons (Fsp3) is 0.625. The Morgan fingerprint density at radius 2 is 2.25 bits per heavy atom. The van der Waals surface area contributed by atoms with E-state index in [4.69, 9.17) is 0 Å². The smallest absolute Gasteiger partial charge is 0.0795 e. The fourth-order valence-electron chi connectivity index (χ4n) is 1.30. The zero-order valence-electron chi connectivity index (χ0n) is 6.90. The molecule has 1 aromatic heterocycles. The van der Waals surface area contributed by atoms with Gasteiger partial charge in [-0.15, -0.1) is 11.3 Å². The van der Waals surface area contributed by atoms with Gasteiger partial charge in [-0.05, 0) is 0 Å².